The molecule has 1 rings (SSSR count). The fourth-order valence-electron chi connectivity index (χ4n) is 1.78. The normalized spacial score (nSPS) is 14.1. The molecule has 0 radical (unpaired) electrons. The quantitative estimate of drug-likeness (QED) is 0.796. The number of hydrogen-bond acceptors (Lipinski definition) is 3. The summed E-state index contributed by atoms with van der Waals surface area (Å²) in [6.07, 6.45) is 0.550. The van der Waals surface area contributed by atoms with Crippen LogP contribution in [-0.4, -0.2) is 24.2 Å². The number of carboxylic acid groups (broad SMARTS) is 1. The van der Waals surface area contributed by atoms with Gasteiger partial charge in [-0.25, -0.2) is 0 Å². The molecule has 4 heteroatoms. The molecular formula is C13H19NO3. The Balaban J connectivity index is 2.81. The summed E-state index contributed by atoms with van der Waals surface area (Å²) in [7, 11) is 1.61. The highest BCUT2D eigenvalue weighted by atomic mass is 16.5. The predicted octanol–water partition coefficient (Wildman–Crippen LogP) is 2.21. The van der Waals surface area contributed by atoms with Crippen molar-refractivity contribution >= 4 is 5.97 Å². The van der Waals surface area contributed by atoms with Gasteiger partial charge in [-0.15, -0.1) is 0 Å². The fraction of sp³-hybridized carbons (Fsp3) is 0.462. The van der Waals surface area contributed by atoms with Crippen molar-refractivity contribution in [1.82, 2.24) is 5.32 Å². The number of methoxy groups -OCH3 is 1. The van der Waals surface area contributed by atoms with Crippen LogP contribution in [0, 0.1) is 0 Å². The van der Waals surface area contributed by atoms with E-state index in [1.165, 1.54) is 0 Å². The van der Waals surface area contributed by atoms with Crippen molar-refractivity contribution in [2.75, 3.05) is 7.11 Å². The molecule has 0 aliphatic carbocycles. The van der Waals surface area contributed by atoms with Crippen LogP contribution in [0.2, 0.25) is 0 Å². The lowest BCUT2D eigenvalue weighted by atomic mass is 10.1. The molecule has 1 aromatic rings. The number of ether oxygens (including phenoxy) is 1. The molecule has 2 atom stereocenters. The fourth-order valence-corrected chi connectivity index (χ4v) is 1.78. The van der Waals surface area contributed by atoms with Crippen molar-refractivity contribution < 1.29 is 14.6 Å². The summed E-state index contributed by atoms with van der Waals surface area (Å²) >= 11 is 0. The number of carboxylic acids is 1. The molecule has 0 aromatic heterocycles. The van der Waals surface area contributed by atoms with E-state index < -0.39 is 12.0 Å². The summed E-state index contributed by atoms with van der Waals surface area (Å²) in [6.45, 7) is 3.78. The van der Waals surface area contributed by atoms with Gasteiger partial charge in [0.2, 0.25) is 0 Å². The van der Waals surface area contributed by atoms with Crippen LogP contribution < -0.4 is 10.1 Å². The number of benzene rings is 1. The van der Waals surface area contributed by atoms with Crippen LogP contribution in [0.15, 0.2) is 24.3 Å². The number of nitrogens with one attached hydrogen (secondary N) is 1. The molecule has 2 unspecified atom stereocenters. The summed E-state index contributed by atoms with van der Waals surface area (Å²) < 4.78 is 5.25. The zero-order chi connectivity index (χ0) is 12.8. The highest BCUT2D eigenvalue weighted by Crippen LogP contribution is 2.24. The molecule has 0 aliphatic heterocycles. The molecule has 0 spiro atoms. The number of para-hydroxylation sites is 1. The molecule has 0 heterocycles. The van der Waals surface area contributed by atoms with Crippen LogP contribution in [0.5, 0.6) is 5.75 Å². The van der Waals surface area contributed by atoms with E-state index in [0.717, 1.165) is 11.3 Å². The van der Waals surface area contributed by atoms with Gasteiger partial charge in [-0.3, -0.25) is 10.1 Å². The lowest BCUT2D eigenvalue weighted by Gasteiger charge is -2.21. The monoisotopic (exact) mass is 237 g/mol. The van der Waals surface area contributed by atoms with E-state index in [4.69, 9.17) is 9.84 Å². The average Bonchev–Trinajstić information content (AvgIpc) is 2.35. The smallest absolute Gasteiger partial charge is 0.320 e. The van der Waals surface area contributed by atoms with Gasteiger partial charge in [-0.05, 0) is 19.4 Å². The maximum atomic E-state index is 11.0. The van der Waals surface area contributed by atoms with E-state index in [0.29, 0.717) is 6.42 Å². The van der Waals surface area contributed by atoms with E-state index in [2.05, 4.69) is 5.32 Å². The molecule has 0 fully saturated rings. The SMILES string of the molecule is CCC(NC(C)c1ccccc1OC)C(=O)O. The van der Waals surface area contributed by atoms with E-state index in [-0.39, 0.29) is 6.04 Å². The van der Waals surface area contributed by atoms with Crippen molar-refractivity contribution in [3.8, 4) is 5.75 Å². The third-order valence-electron chi connectivity index (χ3n) is 2.76. The molecule has 17 heavy (non-hydrogen) atoms. The molecule has 0 bridgehead atoms. The summed E-state index contributed by atoms with van der Waals surface area (Å²) in [5.74, 6) is -0.0537. The summed E-state index contributed by atoms with van der Waals surface area (Å²) in [4.78, 5) is 11.0. The Kier molecular flexibility index (Phi) is 4.97. The Morgan fingerprint density at radius 1 is 1.47 bits per heavy atom. The minimum absolute atomic E-state index is 0.0628. The molecule has 0 saturated heterocycles. The van der Waals surface area contributed by atoms with Gasteiger partial charge < -0.3 is 9.84 Å². The number of rotatable bonds is 6. The van der Waals surface area contributed by atoms with Crippen LogP contribution in [0.4, 0.5) is 0 Å². The Labute approximate surface area is 102 Å². The van der Waals surface area contributed by atoms with E-state index in [1.807, 2.05) is 38.1 Å². The maximum absolute atomic E-state index is 11.0. The topological polar surface area (TPSA) is 58.6 Å². The summed E-state index contributed by atoms with van der Waals surface area (Å²) in [6, 6.07) is 7.02. The van der Waals surface area contributed by atoms with Crippen LogP contribution >= 0.6 is 0 Å². The van der Waals surface area contributed by atoms with Crippen molar-refractivity contribution in [1.29, 1.82) is 0 Å². The Hall–Kier alpha value is -1.55. The first-order valence-electron chi connectivity index (χ1n) is 5.71. The zero-order valence-electron chi connectivity index (χ0n) is 10.4. The number of carbonyl (C=O) groups is 1. The van der Waals surface area contributed by atoms with Gasteiger partial charge in [0.05, 0.1) is 7.11 Å². The maximum Gasteiger partial charge on any atom is 0.320 e. The summed E-state index contributed by atoms with van der Waals surface area (Å²) in [5.41, 5.74) is 0.967. The van der Waals surface area contributed by atoms with Gasteiger partial charge in [0.25, 0.3) is 0 Å². The molecular weight excluding hydrogens is 218 g/mol. The largest absolute Gasteiger partial charge is 0.496 e. The van der Waals surface area contributed by atoms with Crippen molar-refractivity contribution in [2.45, 2.75) is 32.4 Å². The zero-order valence-corrected chi connectivity index (χ0v) is 10.4. The minimum Gasteiger partial charge on any atom is -0.496 e. The van der Waals surface area contributed by atoms with Gasteiger partial charge in [-0.1, -0.05) is 25.1 Å². The molecule has 94 valence electrons. The van der Waals surface area contributed by atoms with Crippen LogP contribution in [-0.2, 0) is 4.79 Å². The van der Waals surface area contributed by atoms with Crippen LogP contribution in [0.3, 0.4) is 0 Å². The van der Waals surface area contributed by atoms with E-state index in [9.17, 15) is 4.79 Å². The minimum atomic E-state index is -0.825. The van der Waals surface area contributed by atoms with E-state index >= 15 is 0 Å². The second kappa shape index (κ2) is 6.25. The molecule has 2 N–H and O–H groups in total. The number of aliphatic carboxylic acids is 1. The third-order valence-corrected chi connectivity index (χ3v) is 2.76. The highest BCUT2D eigenvalue weighted by Gasteiger charge is 2.19. The van der Waals surface area contributed by atoms with Crippen LogP contribution in [0.1, 0.15) is 31.9 Å². The Bertz CT molecular complexity index is 379. The highest BCUT2D eigenvalue weighted by molar-refractivity contribution is 5.73. The lowest BCUT2D eigenvalue weighted by molar-refractivity contribution is -0.139. The van der Waals surface area contributed by atoms with Crippen molar-refractivity contribution in [3.63, 3.8) is 0 Å². The van der Waals surface area contributed by atoms with Crippen molar-refractivity contribution in [3.05, 3.63) is 29.8 Å². The van der Waals surface area contributed by atoms with Gasteiger partial charge in [0, 0.05) is 11.6 Å². The van der Waals surface area contributed by atoms with Crippen molar-refractivity contribution in [2.24, 2.45) is 0 Å². The first-order chi connectivity index (χ1) is 8.10. The molecule has 1 aromatic carbocycles. The molecule has 0 aliphatic rings. The van der Waals surface area contributed by atoms with Gasteiger partial charge >= 0.3 is 5.97 Å². The molecule has 0 amide bonds. The second-order valence-corrected chi connectivity index (χ2v) is 3.93. The average molecular weight is 237 g/mol. The predicted molar refractivity (Wildman–Crippen MR) is 66.3 cm³/mol. The van der Waals surface area contributed by atoms with E-state index in [1.54, 1.807) is 7.11 Å². The first kappa shape index (κ1) is 13.5. The Morgan fingerprint density at radius 2 is 2.12 bits per heavy atom. The molecule has 0 saturated carbocycles. The second-order valence-electron chi connectivity index (χ2n) is 3.93. The van der Waals surface area contributed by atoms with Gasteiger partial charge in [0.15, 0.2) is 0 Å². The standard InChI is InChI=1S/C13H19NO3/c1-4-11(13(15)16)14-9(2)10-7-5-6-8-12(10)17-3/h5-9,11,14H,4H2,1-3H3,(H,15,16). The third kappa shape index (κ3) is 3.46. The summed E-state index contributed by atoms with van der Waals surface area (Å²) in [5, 5.41) is 12.1. The lowest BCUT2D eigenvalue weighted by Crippen LogP contribution is -2.37. The van der Waals surface area contributed by atoms with Gasteiger partial charge in [-0.2, -0.15) is 0 Å². The molecule has 4 nitrogen and oxygen atoms in total. The van der Waals surface area contributed by atoms with Crippen LogP contribution in [0.25, 0.3) is 0 Å². The number of hydrogen-bond donors (Lipinski definition) is 2. The van der Waals surface area contributed by atoms with Gasteiger partial charge in [0.1, 0.15) is 11.8 Å². The first-order valence-corrected chi connectivity index (χ1v) is 5.71. The Morgan fingerprint density at radius 3 is 2.65 bits per heavy atom.